The molecule has 4 nitrogen and oxygen atoms in total. The van der Waals surface area contributed by atoms with Crippen molar-refractivity contribution in [2.24, 2.45) is 0 Å². The lowest BCUT2D eigenvalue weighted by molar-refractivity contribution is 1.19. The maximum absolute atomic E-state index is 5.23. The summed E-state index contributed by atoms with van der Waals surface area (Å²) in [5.41, 5.74) is 11.2. The molecule has 0 aliphatic heterocycles. The Morgan fingerprint density at radius 3 is 1.85 bits per heavy atom. The van der Waals surface area contributed by atoms with Gasteiger partial charge in [-0.25, -0.2) is 9.97 Å². The van der Waals surface area contributed by atoms with Crippen LogP contribution in [0.15, 0.2) is 158 Å². The quantitative estimate of drug-likeness (QED) is 0.199. The summed E-state index contributed by atoms with van der Waals surface area (Å²) in [7, 11) is 0. The third-order valence-corrected chi connectivity index (χ3v) is 10.0. The lowest BCUT2D eigenvalue weighted by atomic mass is 10.0. The van der Waals surface area contributed by atoms with Crippen molar-refractivity contribution >= 4 is 70.8 Å². The number of para-hydroxylation sites is 4. The number of fused-ring (bicyclic) bond motifs is 11. The van der Waals surface area contributed by atoms with Crippen molar-refractivity contribution in [3.05, 3.63) is 158 Å². The van der Waals surface area contributed by atoms with Gasteiger partial charge in [0.15, 0.2) is 5.82 Å². The highest BCUT2D eigenvalue weighted by Crippen LogP contribution is 2.46. The number of rotatable bonds is 3. The molecule has 0 atom stereocenters. The van der Waals surface area contributed by atoms with Crippen LogP contribution in [0.4, 0.5) is 0 Å². The highest BCUT2D eigenvalue weighted by Gasteiger charge is 2.24. The van der Waals surface area contributed by atoms with Gasteiger partial charge in [0.05, 0.1) is 38.8 Å². The molecule has 7 aromatic carbocycles. The Morgan fingerprint density at radius 1 is 0.396 bits per heavy atom. The summed E-state index contributed by atoms with van der Waals surface area (Å²) < 4.78 is 4.91. The Hall–Kier alpha value is -6.52. The molecule has 48 heavy (non-hydrogen) atoms. The maximum Gasteiger partial charge on any atom is 0.160 e. The van der Waals surface area contributed by atoms with Gasteiger partial charge in [0.25, 0.3) is 0 Å². The van der Waals surface area contributed by atoms with E-state index in [2.05, 4.69) is 155 Å². The van der Waals surface area contributed by atoms with E-state index < -0.39 is 0 Å². The predicted octanol–water partition coefficient (Wildman–Crippen LogP) is 11.2. The zero-order chi connectivity index (χ0) is 31.3. The predicted molar refractivity (Wildman–Crippen MR) is 199 cm³/mol. The Bertz CT molecular complexity index is 3040. The van der Waals surface area contributed by atoms with Gasteiger partial charge in [0, 0.05) is 54.5 Å². The smallest absolute Gasteiger partial charge is 0.160 e. The van der Waals surface area contributed by atoms with Gasteiger partial charge in [-0.1, -0.05) is 103 Å². The summed E-state index contributed by atoms with van der Waals surface area (Å²) in [6.07, 6.45) is 0. The van der Waals surface area contributed by atoms with Crippen LogP contribution in [0.3, 0.4) is 0 Å². The Labute approximate surface area is 275 Å². The van der Waals surface area contributed by atoms with Crippen molar-refractivity contribution < 1.29 is 0 Å². The van der Waals surface area contributed by atoms with E-state index in [0.717, 1.165) is 44.8 Å². The van der Waals surface area contributed by atoms with Crippen LogP contribution in [0.1, 0.15) is 0 Å². The van der Waals surface area contributed by atoms with E-state index in [0.29, 0.717) is 0 Å². The van der Waals surface area contributed by atoms with Crippen LogP contribution in [0, 0.1) is 0 Å². The minimum atomic E-state index is 0.725. The molecule has 11 aromatic rings. The fourth-order valence-electron chi connectivity index (χ4n) is 8.01. The molecule has 4 heterocycles. The molecule has 0 saturated heterocycles. The van der Waals surface area contributed by atoms with Gasteiger partial charge in [0.2, 0.25) is 0 Å². The molecule has 0 amide bonds. The Balaban J connectivity index is 1.30. The van der Waals surface area contributed by atoms with Crippen LogP contribution in [0.2, 0.25) is 0 Å². The summed E-state index contributed by atoms with van der Waals surface area (Å²) >= 11 is 0. The van der Waals surface area contributed by atoms with Gasteiger partial charge in [-0.3, -0.25) is 0 Å². The molecule has 0 bridgehead atoms. The molecule has 0 spiro atoms. The molecule has 222 valence electrons. The van der Waals surface area contributed by atoms with Gasteiger partial charge < -0.3 is 8.97 Å². The Morgan fingerprint density at radius 2 is 1.04 bits per heavy atom. The highest BCUT2D eigenvalue weighted by molar-refractivity contribution is 6.34. The topological polar surface area (TPSA) is 35.1 Å². The molecule has 0 fully saturated rings. The van der Waals surface area contributed by atoms with Crippen molar-refractivity contribution in [3.63, 3.8) is 0 Å². The van der Waals surface area contributed by atoms with Crippen molar-refractivity contribution in [2.75, 3.05) is 0 Å². The zero-order valence-electron chi connectivity index (χ0n) is 25.8. The lowest BCUT2D eigenvalue weighted by Crippen LogP contribution is -1.96. The summed E-state index contributed by atoms with van der Waals surface area (Å²) in [6, 6.07) is 56.2. The fourth-order valence-corrected chi connectivity index (χ4v) is 8.01. The van der Waals surface area contributed by atoms with E-state index in [4.69, 9.17) is 9.97 Å². The van der Waals surface area contributed by atoms with Crippen LogP contribution in [-0.2, 0) is 0 Å². The minimum Gasteiger partial charge on any atom is -0.309 e. The molecule has 11 rings (SSSR count). The second-order valence-corrected chi connectivity index (χ2v) is 12.6. The van der Waals surface area contributed by atoms with Crippen LogP contribution >= 0.6 is 0 Å². The first kappa shape index (κ1) is 25.6. The first-order chi connectivity index (χ1) is 23.8. The second-order valence-electron chi connectivity index (χ2n) is 12.6. The van der Waals surface area contributed by atoms with Gasteiger partial charge >= 0.3 is 0 Å². The van der Waals surface area contributed by atoms with Gasteiger partial charge in [0.1, 0.15) is 0 Å². The summed E-state index contributed by atoms with van der Waals surface area (Å²) in [4.78, 5) is 10.3. The number of benzene rings is 7. The average Bonchev–Trinajstić information content (AvgIpc) is 3.79. The number of aromatic nitrogens is 4. The molecule has 0 radical (unpaired) electrons. The van der Waals surface area contributed by atoms with Gasteiger partial charge in [-0.2, -0.15) is 0 Å². The second kappa shape index (κ2) is 9.50. The van der Waals surface area contributed by atoms with Crippen LogP contribution in [0.25, 0.3) is 99.1 Å². The molecular weight excluding hydrogens is 585 g/mol. The molecule has 0 unspecified atom stereocenters. The third kappa shape index (κ3) is 3.38. The summed E-state index contributed by atoms with van der Waals surface area (Å²) in [5, 5.41) is 8.55. The van der Waals surface area contributed by atoms with E-state index in [-0.39, 0.29) is 0 Å². The van der Waals surface area contributed by atoms with E-state index in [1.54, 1.807) is 0 Å². The monoisotopic (exact) mass is 610 g/mol. The van der Waals surface area contributed by atoms with E-state index >= 15 is 0 Å². The standard InChI is InChI=1S/C44H26N4/c1-3-13-27(14-4-1)41-31-18-7-10-20-36(31)45-44(46-41)28-23-24-39-33(25-28)35-26-34-30-17-8-11-21-37(30)48-38-22-12-9-19-32(38)40(43(34)48)42(35)47(39)29-15-5-2-6-16-29/h1-26H. The zero-order valence-corrected chi connectivity index (χ0v) is 25.8. The largest absolute Gasteiger partial charge is 0.309 e. The van der Waals surface area contributed by atoms with E-state index in [1.807, 2.05) is 12.1 Å². The molecule has 0 N–H and O–H groups in total. The normalized spacial score (nSPS) is 12.2. The summed E-state index contributed by atoms with van der Waals surface area (Å²) in [5.74, 6) is 0.725. The minimum absolute atomic E-state index is 0.725. The lowest BCUT2D eigenvalue weighted by Gasteiger charge is -2.10. The van der Waals surface area contributed by atoms with E-state index in [1.165, 1.54) is 54.4 Å². The Kier molecular flexibility index (Phi) is 5.08. The highest BCUT2D eigenvalue weighted by atomic mass is 15.0. The van der Waals surface area contributed by atoms with Crippen LogP contribution < -0.4 is 0 Å². The fraction of sp³-hybridized carbons (Fsp3) is 0. The average molecular weight is 611 g/mol. The first-order valence-corrected chi connectivity index (χ1v) is 16.4. The SMILES string of the molecule is c1ccc(-c2nc(-c3ccc4c(c3)c3cc5c6ccccc6n6c7ccccc7c(c3n4-c3ccccc3)c56)nc3ccccc23)cc1. The van der Waals surface area contributed by atoms with Crippen molar-refractivity contribution in [3.8, 4) is 28.3 Å². The molecular formula is C44H26N4. The van der Waals surface area contributed by atoms with E-state index in [9.17, 15) is 0 Å². The summed E-state index contributed by atoms with van der Waals surface area (Å²) in [6.45, 7) is 0. The van der Waals surface area contributed by atoms with Crippen molar-refractivity contribution in [1.29, 1.82) is 0 Å². The number of hydrogen-bond acceptors (Lipinski definition) is 2. The first-order valence-electron chi connectivity index (χ1n) is 16.4. The number of nitrogens with zero attached hydrogens (tertiary/aromatic N) is 4. The van der Waals surface area contributed by atoms with Gasteiger partial charge in [-0.15, -0.1) is 0 Å². The van der Waals surface area contributed by atoms with Crippen LogP contribution in [-0.4, -0.2) is 18.9 Å². The number of hydrogen-bond donors (Lipinski definition) is 0. The van der Waals surface area contributed by atoms with Crippen LogP contribution in [0.5, 0.6) is 0 Å². The molecule has 0 aliphatic rings. The third-order valence-electron chi connectivity index (χ3n) is 10.0. The maximum atomic E-state index is 5.23. The molecule has 0 aliphatic carbocycles. The molecule has 0 saturated carbocycles. The van der Waals surface area contributed by atoms with Crippen molar-refractivity contribution in [1.82, 2.24) is 18.9 Å². The molecule has 4 aromatic heterocycles. The molecule has 4 heteroatoms. The van der Waals surface area contributed by atoms with Crippen molar-refractivity contribution in [2.45, 2.75) is 0 Å². The van der Waals surface area contributed by atoms with Gasteiger partial charge in [-0.05, 0) is 54.6 Å².